The quantitative estimate of drug-likeness (QED) is 0.418. The number of thioether (sulfide) groups is 1. The fourth-order valence-corrected chi connectivity index (χ4v) is 4.39. The van der Waals surface area contributed by atoms with Gasteiger partial charge in [0.15, 0.2) is 0 Å². The summed E-state index contributed by atoms with van der Waals surface area (Å²) >= 11 is 5.04. The maximum absolute atomic E-state index is 13.2. The third kappa shape index (κ3) is 8.69. The van der Waals surface area contributed by atoms with Crippen LogP contribution < -0.4 is 5.32 Å². The second-order valence-corrected chi connectivity index (χ2v) is 9.59. The summed E-state index contributed by atoms with van der Waals surface area (Å²) in [6.07, 6.45) is 2.19. The first kappa shape index (κ1) is 25.5. The molecule has 4 nitrogen and oxygen atoms in total. The summed E-state index contributed by atoms with van der Waals surface area (Å²) in [6.45, 7) is 6.55. The number of hydrogen-bond acceptors (Lipinski definition) is 3. The highest BCUT2D eigenvalue weighted by atomic mass is 79.9. The molecule has 0 bridgehead atoms. The largest absolute Gasteiger partial charge is 0.352 e. The van der Waals surface area contributed by atoms with E-state index >= 15 is 0 Å². The predicted octanol–water partition coefficient (Wildman–Crippen LogP) is 5.45. The van der Waals surface area contributed by atoms with Gasteiger partial charge in [-0.05, 0) is 49.4 Å². The van der Waals surface area contributed by atoms with Crippen LogP contribution in [0.1, 0.15) is 44.7 Å². The molecule has 2 aromatic rings. The van der Waals surface area contributed by atoms with Crippen LogP contribution in [0, 0.1) is 0 Å². The van der Waals surface area contributed by atoms with E-state index in [2.05, 4.69) is 45.5 Å². The van der Waals surface area contributed by atoms with E-state index in [0.717, 1.165) is 23.1 Å². The summed E-state index contributed by atoms with van der Waals surface area (Å²) in [5.74, 6) is 1.08. The Morgan fingerprint density at radius 1 is 1.00 bits per heavy atom. The topological polar surface area (TPSA) is 49.4 Å². The molecule has 0 spiro atoms. The Morgan fingerprint density at radius 2 is 1.68 bits per heavy atom. The van der Waals surface area contributed by atoms with Crippen LogP contribution in [-0.2, 0) is 21.8 Å². The van der Waals surface area contributed by atoms with Crippen molar-refractivity contribution in [3.8, 4) is 0 Å². The van der Waals surface area contributed by atoms with Gasteiger partial charge in [-0.3, -0.25) is 9.59 Å². The third-order valence-corrected chi connectivity index (χ3v) is 6.80. The van der Waals surface area contributed by atoms with Gasteiger partial charge in [-0.25, -0.2) is 0 Å². The Morgan fingerprint density at radius 3 is 2.29 bits per heavy atom. The zero-order valence-corrected chi connectivity index (χ0v) is 21.0. The minimum atomic E-state index is -0.446. The van der Waals surface area contributed by atoms with Crippen molar-refractivity contribution in [1.29, 1.82) is 0 Å². The molecule has 2 amide bonds. The molecule has 0 aliphatic heterocycles. The summed E-state index contributed by atoms with van der Waals surface area (Å²) in [6, 6.07) is 17.9. The molecule has 6 heteroatoms. The lowest BCUT2D eigenvalue weighted by Crippen LogP contribution is -2.52. The fraction of sp³-hybridized carbons (Fsp3) is 0.440. The van der Waals surface area contributed by atoms with Crippen LogP contribution in [0.3, 0.4) is 0 Å². The molecule has 1 N–H and O–H groups in total. The SMILES string of the molecule is CC[C@H](C(=O)N[C@@H](C)CC)N(CCc1ccccc1)C(=O)CSCc1ccc(Br)cc1. The highest BCUT2D eigenvalue weighted by Gasteiger charge is 2.28. The van der Waals surface area contributed by atoms with Crippen molar-refractivity contribution >= 4 is 39.5 Å². The zero-order chi connectivity index (χ0) is 22.6. The molecule has 0 unspecified atom stereocenters. The number of halogens is 1. The van der Waals surface area contributed by atoms with Gasteiger partial charge in [0.2, 0.25) is 11.8 Å². The summed E-state index contributed by atoms with van der Waals surface area (Å²) in [4.78, 5) is 27.9. The van der Waals surface area contributed by atoms with E-state index in [1.165, 1.54) is 11.1 Å². The minimum Gasteiger partial charge on any atom is -0.352 e. The standard InChI is InChI=1S/C25H33BrN2O2S/c1-4-19(3)27-25(30)23(5-2)28(16-15-20-9-7-6-8-10-20)24(29)18-31-17-21-11-13-22(26)14-12-21/h6-14,19,23H,4-5,15-18H2,1-3H3,(H,27,30)/t19-,23+/m0/s1. The number of benzene rings is 2. The molecular formula is C25H33BrN2O2S. The van der Waals surface area contributed by atoms with E-state index in [4.69, 9.17) is 0 Å². The Kier molecular flexibility index (Phi) is 11.2. The van der Waals surface area contributed by atoms with E-state index < -0.39 is 6.04 Å². The second-order valence-electron chi connectivity index (χ2n) is 7.68. The maximum atomic E-state index is 13.2. The number of nitrogens with zero attached hydrogens (tertiary/aromatic N) is 1. The lowest BCUT2D eigenvalue weighted by Gasteiger charge is -2.31. The van der Waals surface area contributed by atoms with Crippen molar-refractivity contribution in [1.82, 2.24) is 10.2 Å². The molecule has 0 saturated heterocycles. The number of rotatable bonds is 12. The molecule has 2 rings (SSSR count). The van der Waals surface area contributed by atoms with E-state index in [-0.39, 0.29) is 17.9 Å². The first-order chi connectivity index (χ1) is 14.9. The highest BCUT2D eigenvalue weighted by molar-refractivity contribution is 9.10. The summed E-state index contributed by atoms with van der Waals surface area (Å²) < 4.78 is 1.04. The molecule has 0 aliphatic carbocycles. The number of amides is 2. The molecule has 0 fully saturated rings. The summed E-state index contributed by atoms with van der Waals surface area (Å²) in [5, 5.41) is 3.06. The second kappa shape index (κ2) is 13.6. The number of carbonyl (C=O) groups is 2. The Bertz CT molecular complexity index is 814. The predicted molar refractivity (Wildman–Crippen MR) is 134 cm³/mol. The molecule has 0 aromatic heterocycles. The number of nitrogens with one attached hydrogen (secondary N) is 1. The smallest absolute Gasteiger partial charge is 0.243 e. The molecule has 0 heterocycles. The first-order valence-corrected chi connectivity index (χ1v) is 12.8. The van der Waals surface area contributed by atoms with Crippen LogP contribution in [0.5, 0.6) is 0 Å². The maximum Gasteiger partial charge on any atom is 0.243 e. The molecule has 0 aliphatic rings. The van der Waals surface area contributed by atoms with Crippen molar-refractivity contribution in [3.05, 3.63) is 70.2 Å². The zero-order valence-electron chi connectivity index (χ0n) is 18.6. The molecule has 2 atom stereocenters. The Hall–Kier alpha value is -1.79. The Labute approximate surface area is 199 Å². The number of hydrogen-bond donors (Lipinski definition) is 1. The van der Waals surface area contributed by atoms with Gasteiger partial charge >= 0.3 is 0 Å². The van der Waals surface area contributed by atoms with Crippen LogP contribution in [-0.4, -0.2) is 41.1 Å². The molecule has 168 valence electrons. The van der Waals surface area contributed by atoms with Gasteiger partial charge in [0.1, 0.15) is 6.04 Å². The van der Waals surface area contributed by atoms with Crippen molar-refractivity contribution in [2.45, 2.75) is 57.9 Å². The lowest BCUT2D eigenvalue weighted by molar-refractivity contribution is -0.139. The molecule has 0 radical (unpaired) electrons. The van der Waals surface area contributed by atoms with Crippen molar-refractivity contribution in [2.24, 2.45) is 0 Å². The van der Waals surface area contributed by atoms with Gasteiger partial charge in [0.05, 0.1) is 5.75 Å². The van der Waals surface area contributed by atoms with E-state index in [1.54, 1.807) is 16.7 Å². The van der Waals surface area contributed by atoms with Gasteiger partial charge in [0.25, 0.3) is 0 Å². The normalized spacial score (nSPS) is 12.8. The Balaban J connectivity index is 2.05. The average Bonchev–Trinajstić information content (AvgIpc) is 2.78. The molecular weight excluding hydrogens is 472 g/mol. The fourth-order valence-electron chi connectivity index (χ4n) is 3.26. The van der Waals surface area contributed by atoms with Gasteiger partial charge in [0, 0.05) is 22.8 Å². The average molecular weight is 506 g/mol. The highest BCUT2D eigenvalue weighted by Crippen LogP contribution is 2.18. The van der Waals surface area contributed by atoms with Crippen LogP contribution in [0.4, 0.5) is 0 Å². The molecule has 2 aromatic carbocycles. The van der Waals surface area contributed by atoms with Crippen molar-refractivity contribution < 1.29 is 9.59 Å². The molecule has 0 saturated carbocycles. The van der Waals surface area contributed by atoms with Gasteiger partial charge in [-0.2, -0.15) is 0 Å². The van der Waals surface area contributed by atoms with Crippen molar-refractivity contribution in [2.75, 3.05) is 12.3 Å². The summed E-state index contributed by atoms with van der Waals surface area (Å²) in [7, 11) is 0. The first-order valence-electron chi connectivity index (χ1n) is 10.9. The lowest BCUT2D eigenvalue weighted by atomic mass is 10.1. The van der Waals surface area contributed by atoms with Crippen LogP contribution in [0.25, 0.3) is 0 Å². The molecule has 31 heavy (non-hydrogen) atoms. The van der Waals surface area contributed by atoms with Crippen LogP contribution in [0.2, 0.25) is 0 Å². The van der Waals surface area contributed by atoms with E-state index in [1.807, 2.05) is 51.1 Å². The van der Waals surface area contributed by atoms with E-state index in [9.17, 15) is 9.59 Å². The van der Waals surface area contributed by atoms with E-state index in [0.29, 0.717) is 18.7 Å². The third-order valence-electron chi connectivity index (χ3n) is 5.28. The van der Waals surface area contributed by atoms with Gasteiger partial charge in [-0.15, -0.1) is 11.8 Å². The minimum absolute atomic E-state index is 0.0178. The monoisotopic (exact) mass is 504 g/mol. The van der Waals surface area contributed by atoms with Crippen molar-refractivity contribution in [3.63, 3.8) is 0 Å². The van der Waals surface area contributed by atoms with Crippen LogP contribution in [0.15, 0.2) is 59.1 Å². The number of carbonyl (C=O) groups excluding carboxylic acids is 2. The van der Waals surface area contributed by atoms with Gasteiger partial charge < -0.3 is 10.2 Å². The summed E-state index contributed by atoms with van der Waals surface area (Å²) in [5.41, 5.74) is 2.35. The van der Waals surface area contributed by atoms with Gasteiger partial charge in [-0.1, -0.05) is 72.2 Å². The van der Waals surface area contributed by atoms with Crippen LogP contribution >= 0.6 is 27.7 Å².